The number of allylic oxidation sites excluding steroid dienone is 2. The highest BCUT2D eigenvalue weighted by atomic mass is 19.1. The molecule has 70 valence electrons. The third-order valence-corrected chi connectivity index (χ3v) is 2.34. The number of halogens is 1. The average molecular weight is 170 g/mol. The Morgan fingerprint density at radius 2 is 2.25 bits per heavy atom. The lowest BCUT2D eigenvalue weighted by Crippen LogP contribution is -2.19. The molecule has 1 rings (SSSR count). The van der Waals surface area contributed by atoms with Crippen LogP contribution in [0.4, 0.5) is 4.39 Å². The summed E-state index contributed by atoms with van der Waals surface area (Å²) in [6.45, 7) is 6.06. The van der Waals surface area contributed by atoms with Crippen LogP contribution in [0.3, 0.4) is 0 Å². The zero-order valence-electron chi connectivity index (χ0n) is 8.36. The summed E-state index contributed by atoms with van der Waals surface area (Å²) in [4.78, 5) is 0. The van der Waals surface area contributed by atoms with E-state index >= 15 is 0 Å². The van der Waals surface area contributed by atoms with Gasteiger partial charge in [0.15, 0.2) is 0 Å². The molecule has 12 heavy (non-hydrogen) atoms. The van der Waals surface area contributed by atoms with Crippen molar-refractivity contribution in [2.45, 2.75) is 52.1 Å². The molecule has 0 bridgehead atoms. The Labute approximate surface area is 74.9 Å². The Balaban J connectivity index is 2.58. The van der Waals surface area contributed by atoms with Crippen LogP contribution in [0, 0.1) is 5.92 Å². The largest absolute Gasteiger partial charge is 0.240 e. The Morgan fingerprint density at radius 3 is 2.75 bits per heavy atom. The van der Waals surface area contributed by atoms with Crippen molar-refractivity contribution >= 4 is 0 Å². The van der Waals surface area contributed by atoms with Gasteiger partial charge in [0.05, 0.1) is 0 Å². The lowest BCUT2D eigenvalue weighted by atomic mass is 9.86. The van der Waals surface area contributed by atoms with E-state index in [-0.39, 0.29) is 0 Å². The molecule has 0 fully saturated rings. The molecule has 0 heterocycles. The van der Waals surface area contributed by atoms with E-state index in [1.165, 1.54) is 5.57 Å². The first-order chi connectivity index (χ1) is 5.49. The Hall–Kier alpha value is -0.330. The predicted molar refractivity (Wildman–Crippen MR) is 50.9 cm³/mol. The smallest absolute Gasteiger partial charge is 0.126 e. The number of hydrogen-bond acceptors (Lipinski definition) is 0. The molecule has 1 aliphatic carbocycles. The molecule has 0 aliphatic heterocycles. The topological polar surface area (TPSA) is 0 Å². The zero-order valence-corrected chi connectivity index (χ0v) is 8.36. The molecule has 1 heteroatoms. The van der Waals surface area contributed by atoms with Gasteiger partial charge < -0.3 is 0 Å². The van der Waals surface area contributed by atoms with E-state index in [0.29, 0.717) is 12.3 Å². The first-order valence-corrected chi connectivity index (χ1v) is 4.89. The van der Waals surface area contributed by atoms with Crippen molar-refractivity contribution < 1.29 is 4.39 Å². The maximum absolute atomic E-state index is 13.5. The second-order valence-electron chi connectivity index (χ2n) is 4.53. The molecule has 0 amide bonds. The second kappa shape index (κ2) is 3.59. The molecular formula is C11H19F. The summed E-state index contributed by atoms with van der Waals surface area (Å²) >= 11 is 0. The van der Waals surface area contributed by atoms with Crippen molar-refractivity contribution in [3.63, 3.8) is 0 Å². The highest BCUT2D eigenvalue weighted by Gasteiger charge is 2.24. The summed E-state index contributed by atoms with van der Waals surface area (Å²) in [6.07, 6.45) is 5.74. The third kappa shape index (κ3) is 2.96. The van der Waals surface area contributed by atoms with Crippen molar-refractivity contribution in [1.82, 2.24) is 0 Å². The molecule has 0 N–H and O–H groups in total. The molecule has 0 aromatic carbocycles. The molecule has 0 aromatic rings. The summed E-state index contributed by atoms with van der Waals surface area (Å²) in [5.74, 6) is 0.658. The minimum absolute atomic E-state index is 0.658. The van der Waals surface area contributed by atoms with Crippen molar-refractivity contribution in [3.05, 3.63) is 11.6 Å². The van der Waals surface area contributed by atoms with Gasteiger partial charge in [0.2, 0.25) is 0 Å². The maximum atomic E-state index is 13.5. The van der Waals surface area contributed by atoms with Crippen LogP contribution in [0.15, 0.2) is 11.6 Å². The first kappa shape index (κ1) is 9.76. The molecule has 0 aromatic heterocycles. The molecule has 0 saturated heterocycles. The number of alkyl halides is 1. The quantitative estimate of drug-likeness (QED) is 0.552. The molecular weight excluding hydrogens is 151 g/mol. The number of rotatable bonds is 2. The van der Waals surface area contributed by atoms with Crippen LogP contribution in [0.25, 0.3) is 0 Å². The molecule has 0 saturated carbocycles. The Morgan fingerprint density at radius 1 is 1.58 bits per heavy atom. The minimum atomic E-state index is -1.03. The van der Waals surface area contributed by atoms with Crippen molar-refractivity contribution in [3.8, 4) is 0 Å². The van der Waals surface area contributed by atoms with Crippen molar-refractivity contribution in [2.24, 2.45) is 5.92 Å². The number of hydrogen-bond donors (Lipinski definition) is 0. The van der Waals surface area contributed by atoms with Crippen LogP contribution >= 0.6 is 0 Å². The van der Waals surface area contributed by atoms with Gasteiger partial charge in [0.25, 0.3) is 0 Å². The molecule has 1 atom stereocenters. The van der Waals surface area contributed by atoms with Crippen LogP contribution in [0.1, 0.15) is 46.5 Å². The lowest BCUT2D eigenvalue weighted by molar-refractivity contribution is 0.223. The van der Waals surface area contributed by atoms with Gasteiger partial charge in [-0.3, -0.25) is 0 Å². The normalized spacial score (nSPS) is 30.6. The fourth-order valence-electron chi connectivity index (χ4n) is 1.92. The maximum Gasteiger partial charge on any atom is 0.126 e. The van der Waals surface area contributed by atoms with Crippen LogP contribution in [0.2, 0.25) is 0 Å². The molecule has 1 aliphatic rings. The monoisotopic (exact) mass is 170 g/mol. The fourth-order valence-corrected chi connectivity index (χ4v) is 1.92. The first-order valence-electron chi connectivity index (χ1n) is 4.89. The summed E-state index contributed by atoms with van der Waals surface area (Å²) < 4.78 is 13.5. The average Bonchev–Trinajstić information content (AvgIpc) is 1.82. The van der Waals surface area contributed by atoms with Gasteiger partial charge in [-0.05, 0) is 44.6 Å². The van der Waals surface area contributed by atoms with Crippen LogP contribution < -0.4 is 0 Å². The summed E-state index contributed by atoms with van der Waals surface area (Å²) in [5.41, 5.74) is 0.295. The fraction of sp³-hybridized carbons (Fsp3) is 0.818. The Bertz CT molecular complexity index is 177. The van der Waals surface area contributed by atoms with Crippen LogP contribution in [-0.2, 0) is 0 Å². The van der Waals surface area contributed by atoms with E-state index in [4.69, 9.17) is 0 Å². The van der Waals surface area contributed by atoms with Crippen molar-refractivity contribution in [1.29, 1.82) is 0 Å². The predicted octanol–water partition coefficient (Wildman–Crippen LogP) is 3.87. The van der Waals surface area contributed by atoms with Crippen LogP contribution in [0.5, 0.6) is 0 Å². The van der Waals surface area contributed by atoms with Gasteiger partial charge in [0, 0.05) is 0 Å². The second-order valence-corrected chi connectivity index (χ2v) is 4.53. The summed E-state index contributed by atoms with van der Waals surface area (Å²) in [5, 5.41) is 0. The van der Waals surface area contributed by atoms with E-state index < -0.39 is 5.67 Å². The van der Waals surface area contributed by atoms with Crippen molar-refractivity contribution in [2.75, 3.05) is 0 Å². The van der Waals surface area contributed by atoms with Gasteiger partial charge in [-0.25, -0.2) is 4.39 Å². The highest BCUT2D eigenvalue weighted by molar-refractivity contribution is 5.14. The summed E-state index contributed by atoms with van der Waals surface area (Å²) in [7, 11) is 0. The van der Waals surface area contributed by atoms with Gasteiger partial charge in [0.1, 0.15) is 5.67 Å². The van der Waals surface area contributed by atoms with E-state index in [1.807, 2.05) is 6.08 Å². The van der Waals surface area contributed by atoms with E-state index in [9.17, 15) is 4.39 Å². The van der Waals surface area contributed by atoms with E-state index in [1.54, 1.807) is 6.92 Å². The zero-order chi connectivity index (χ0) is 9.19. The molecule has 0 radical (unpaired) electrons. The van der Waals surface area contributed by atoms with Crippen LogP contribution in [-0.4, -0.2) is 5.67 Å². The SMILES string of the molecule is CC(C)CC1=CC(C)(F)CCC1. The lowest BCUT2D eigenvalue weighted by Gasteiger charge is -2.24. The summed E-state index contributed by atoms with van der Waals surface area (Å²) in [6, 6.07) is 0. The van der Waals surface area contributed by atoms with Gasteiger partial charge in [-0.1, -0.05) is 19.4 Å². The Kier molecular flexibility index (Phi) is 2.92. The third-order valence-electron chi connectivity index (χ3n) is 2.34. The van der Waals surface area contributed by atoms with E-state index in [0.717, 1.165) is 19.3 Å². The minimum Gasteiger partial charge on any atom is -0.240 e. The van der Waals surface area contributed by atoms with E-state index in [2.05, 4.69) is 13.8 Å². The molecule has 1 unspecified atom stereocenters. The van der Waals surface area contributed by atoms with Gasteiger partial charge >= 0.3 is 0 Å². The van der Waals surface area contributed by atoms with Gasteiger partial charge in [-0.15, -0.1) is 0 Å². The molecule has 0 nitrogen and oxygen atoms in total. The van der Waals surface area contributed by atoms with Gasteiger partial charge in [-0.2, -0.15) is 0 Å². The standard InChI is InChI=1S/C11H19F/c1-9(2)7-10-5-4-6-11(3,12)8-10/h8-9H,4-7H2,1-3H3. The molecule has 0 spiro atoms. The highest BCUT2D eigenvalue weighted by Crippen LogP contribution is 2.32.